The summed E-state index contributed by atoms with van der Waals surface area (Å²) in [6.45, 7) is 5.55. The molecule has 1 N–H and O–H groups in total. The number of rotatable bonds is 9. The first-order valence-electron chi connectivity index (χ1n) is 6.78. The van der Waals surface area contributed by atoms with Gasteiger partial charge in [-0.1, -0.05) is 18.2 Å². The number of hydrogen-bond acceptors (Lipinski definition) is 5. The summed E-state index contributed by atoms with van der Waals surface area (Å²) in [5.74, 6) is 0. The van der Waals surface area contributed by atoms with Crippen molar-refractivity contribution in [2.75, 3.05) is 32.9 Å². The summed E-state index contributed by atoms with van der Waals surface area (Å²) in [5.41, 5.74) is 0.963. The molecule has 1 aromatic carbocycles. The first-order chi connectivity index (χ1) is 9.90. The molecule has 0 saturated heterocycles. The van der Waals surface area contributed by atoms with Gasteiger partial charge in [0.15, 0.2) is 0 Å². The van der Waals surface area contributed by atoms with E-state index in [-0.39, 0.29) is 0 Å². The van der Waals surface area contributed by atoms with E-state index in [1.807, 2.05) is 37.3 Å². The molecule has 1 heterocycles. The first-order valence-corrected chi connectivity index (χ1v) is 6.78. The quantitative estimate of drug-likeness (QED) is 0.699. The molecular weight excluding hydrogens is 256 g/mol. The molecule has 2 aromatic rings. The molecule has 0 fully saturated rings. The van der Waals surface area contributed by atoms with Crippen molar-refractivity contribution in [1.82, 2.24) is 20.1 Å². The maximum atomic E-state index is 5.47. The molecule has 0 aliphatic carbocycles. The van der Waals surface area contributed by atoms with Crippen molar-refractivity contribution in [1.29, 1.82) is 0 Å². The molecule has 0 bridgehead atoms. The molecular formula is C14H20N4O2. The Labute approximate surface area is 118 Å². The Balaban J connectivity index is 1.69. The topological polar surface area (TPSA) is 61.2 Å². The molecule has 6 nitrogen and oxygen atoms in total. The van der Waals surface area contributed by atoms with Crippen LogP contribution in [-0.4, -0.2) is 47.7 Å². The number of nitrogens with zero attached hydrogens (tertiary/aromatic N) is 3. The van der Waals surface area contributed by atoms with Crippen molar-refractivity contribution < 1.29 is 9.47 Å². The minimum atomic E-state index is 0.389. The van der Waals surface area contributed by atoms with Crippen molar-refractivity contribution in [3.8, 4) is 11.7 Å². The van der Waals surface area contributed by atoms with Gasteiger partial charge in [-0.2, -0.15) is 4.98 Å². The summed E-state index contributed by atoms with van der Waals surface area (Å²) in [4.78, 5) is 4.12. The summed E-state index contributed by atoms with van der Waals surface area (Å²) in [6, 6.07) is 10.2. The van der Waals surface area contributed by atoms with Gasteiger partial charge in [-0.25, -0.2) is 4.68 Å². The predicted octanol–water partition coefficient (Wildman–Crippen LogP) is 1.27. The maximum absolute atomic E-state index is 5.47. The molecule has 0 saturated carbocycles. The summed E-state index contributed by atoms with van der Waals surface area (Å²) in [7, 11) is 0. The molecule has 0 spiro atoms. The van der Waals surface area contributed by atoms with Gasteiger partial charge in [0.1, 0.15) is 12.9 Å². The Morgan fingerprint density at radius 1 is 1.15 bits per heavy atom. The van der Waals surface area contributed by atoms with Crippen LogP contribution in [0.4, 0.5) is 0 Å². The van der Waals surface area contributed by atoms with Crippen LogP contribution in [0, 0.1) is 0 Å². The monoisotopic (exact) mass is 276 g/mol. The van der Waals surface area contributed by atoms with Gasteiger partial charge < -0.3 is 14.8 Å². The summed E-state index contributed by atoms with van der Waals surface area (Å²) >= 11 is 0. The number of nitrogens with one attached hydrogen (secondary N) is 1. The van der Waals surface area contributed by atoms with Crippen LogP contribution in [-0.2, 0) is 4.74 Å². The van der Waals surface area contributed by atoms with Crippen molar-refractivity contribution in [3.05, 3.63) is 36.7 Å². The van der Waals surface area contributed by atoms with Gasteiger partial charge in [-0.15, -0.1) is 5.10 Å². The average Bonchev–Trinajstić information content (AvgIpc) is 2.96. The van der Waals surface area contributed by atoms with E-state index in [4.69, 9.17) is 9.47 Å². The van der Waals surface area contributed by atoms with Crippen LogP contribution >= 0.6 is 0 Å². The van der Waals surface area contributed by atoms with Crippen molar-refractivity contribution in [3.63, 3.8) is 0 Å². The van der Waals surface area contributed by atoms with Crippen molar-refractivity contribution >= 4 is 0 Å². The number of aromatic nitrogens is 3. The van der Waals surface area contributed by atoms with Gasteiger partial charge >= 0.3 is 6.01 Å². The largest absolute Gasteiger partial charge is 0.461 e. The van der Waals surface area contributed by atoms with Gasteiger partial charge in [0.2, 0.25) is 0 Å². The highest BCUT2D eigenvalue weighted by atomic mass is 16.5. The zero-order valence-corrected chi connectivity index (χ0v) is 11.7. The maximum Gasteiger partial charge on any atom is 0.335 e. The van der Waals surface area contributed by atoms with Crippen molar-refractivity contribution in [2.45, 2.75) is 6.92 Å². The highest BCUT2D eigenvalue weighted by molar-refractivity contribution is 5.29. The lowest BCUT2D eigenvalue weighted by molar-refractivity contribution is 0.148. The van der Waals surface area contributed by atoms with Crippen LogP contribution in [0.1, 0.15) is 6.92 Å². The van der Waals surface area contributed by atoms with Gasteiger partial charge in [-0.3, -0.25) is 0 Å². The van der Waals surface area contributed by atoms with E-state index in [0.29, 0.717) is 12.6 Å². The minimum absolute atomic E-state index is 0.389. The van der Waals surface area contributed by atoms with Crippen LogP contribution in [0.25, 0.3) is 5.69 Å². The van der Waals surface area contributed by atoms with E-state index < -0.39 is 0 Å². The number of para-hydroxylation sites is 1. The third kappa shape index (κ3) is 4.64. The molecule has 0 aliphatic heterocycles. The number of hydrogen-bond donors (Lipinski definition) is 1. The van der Waals surface area contributed by atoms with Crippen LogP contribution in [0.3, 0.4) is 0 Å². The van der Waals surface area contributed by atoms with Gasteiger partial charge in [0, 0.05) is 19.7 Å². The lowest BCUT2D eigenvalue weighted by Gasteiger charge is -2.04. The summed E-state index contributed by atoms with van der Waals surface area (Å²) < 4.78 is 12.4. The fourth-order valence-electron chi connectivity index (χ4n) is 1.65. The molecule has 2 rings (SSSR count). The Morgan fingerprint density at radius 3 is 2.75 bits per heavy atom. The molecule has 6 heteroatoms. The average molecular weight is 276 g/mol. The lowest BCUT2D eigenvalue weighted by Crippen LogP contribution is -2.25. The standard InChI is InChI=1S/C14H20N4O2/c1-2-19-10-8-15-9-11-20-14-16-12-18(17-14)13-6-4-3-5-7-13/h3-7,12,15H,2,8-11H2,1H3. The van der Waals surface area contributed by atoms with Crippen LogP contribution in [0.2, 0.25) is 0 Å². The third-order valence-corrected chi connectivity index (χ3v) is 2.63. The third-order valence-electron chi connectivity index (χ3n) is 2.63. The lowest BCUT2D eigenvalue weighted by atomic mass is 10.3. The molecule has 20 heavy (non-hydrogen) atoms. The van der Waals surface area contributed by atoms with E-state index in [1.54, 1.807) is 11.0 Å². The fraction of sp³-hybridized carbons (Fsp3) is 0.429. The Bertz CT molecular complexity index is 487. The van der Waals surface area contributed by atoms with Gasteiger partial charge in [0.25, 0.3) is 0 Å². The normalized spacial score (nSPS) is 10.7. The second-order valence-electron chi connectivity index (χ2n) is 4.10. The zero-order valence-electron chi connectivity index (χ0n) is 11.7. The molecule has 1 aromatic heterocycles. The SMILES string of the molecule is CCOCCNCCOc1ncn(-c2ccccc2)n1. The predicted molar refractivity (Wildman–Crippen MR) is 76.2 cm³/mol. The van der Waals surface area contributed by atoms with E-state index >= 15 is 0 Å². The molecule has 108 valence electrons. The van der Waals surface area contributed by atoms with Gasteiger partial charge in [-0.05, 0) is 19.1 Å². The minimum Gasteiger partial charge on any atom is -0.461 e. The van der Waals surface area contributed by atoms with E-state index in [2.05, 4.69) is 15.4 Å². The molecule has 0 radical (unpaired) electrons. The Morgan fingerprint density at radius 2 is 1.95 bits per heavy atom. The summed E-state index contributed by atoms with van der Waals surface area (Å²) in [6.07, 6.45) is 1.65. The number of benzene rings is 1. The molecule has 0 atom stereocenters. The molecule has 0 aliphatic rings. The highest BCUT2D eigenvalue weighted by Gasteiger charge is 2.02. The smallest absolute Gasteiger partial charge is 0.335 e. The molecule has 0 unspecified atom stereocenters. The molecule has 0 amide bonds. The van der Waals surface area contributed by atoms with Gasteiger partial charge in [0.05, 0.1) is 12.3 Å². The van der Waals surface area contributed by atoms with E-state index in [9.17, 15) is 0 Å². The Kier molecular flexibility index (Phi) is 6.01. The zero-order chi connectivity index (χ0) is 14.0. The summed E-state index contributed by atoms with van der Waals surface area (Å²) in [5, 5.41) is 7.48. The Hall–Kier alpha value is -1.92. The van der Waals surface area contributed by atoms with Crippen LogP contribution < -0.4 is 10.1 Å². The van der Waals surface area contributed by atoms with Crippen LogP contribution in [0.5, 0.6) is 6.01 Å². The second kappa shape index (κ2) is 8.29. The fourth-order valence-corrected chi connectivity index (χ4v) is 1.65. The highest BCUT2D eigenvalue weighted by Crippen LogP contribution is 2.07. The van der Waals surface area contributed by atoms with E-state index in [0.717, 1.165) is 32.0 Å². The van der Waals surface area contributed by atoms with E-state index in [1.165, 1.54) is 0 Å². The van der Waals surface area contributed by atoms with Crippen LogP contribution in [0.15, 0.2) is 36.7 Å². The first kappa shape index (κ1) is 14.5. The second-order valence-corrected chi connectivity index (χ2v) is 4.10. The van der Waals surface area contributed by atoms with Crippen molar-refractivity contribution in [2.24, 2.45) is 0 Å². The number of ether oxygens (including phenoxy) is 2.